The SMILES string of the molecule is CCC(CC)C(C)NC1CCC(OC)CC1. The summed E-state index contributed by atoms with van der Waals surface area (Å²) in [5, 5.41) is 3.81. The van der Waals surface area contributed by atoms with E-state index in [2.05, 4.69) is 26.1 Å². The first-order chi connectivity index (χ1) is 7.71. The van der Waals surface area contributed by atoms with E-state index in [1.165, 1.54) is 38.5 Å². The quantitative estimate of drug-likeness (QED) is 0.751. The van der Waals surface area contributed by atoms with Crippen LogP contribution < -0.4 is 5.32 Å². The van der Waals surface area contributed by atoms with Crippen LogP contribution in [0.4, 0.5) is 0 Å². The Kier molecular flexibility index (Phi) is 6.37. The molecular formula is C14H29NO. The first-order valence-electron chi connectivity index (χ1n) is 7.00. The summed E-state index contributed by atoms with van der Waals surface area (Å²) in [5.41, 5.74) is 0. The summed E-state index contributed by atoms with van der Waals surface area (Å²) in [6.45, 7) is 6.95. The monoisotopic (exact) mass is 227 g/mol. The van der Waals surface area contributed by atoms with Crippen LogP contribution in [0.5, 0.6) is 0 Å². The van der Waals surface area contributed by atoms with Gasteiger partial charge in [0.15, 0.2) is 0 Å². The van der Waals surface area contributed by atoms with Gasteiger partial charge in [0, 0.05) is 19.2 Å². The highest BCUT2D eigenvalue weighted by molar-refractivity contribution is 4.81. The van der Waals surface area contributed by atoms with Gasteiger partial charge in [-0.2, -0.15) is 0 Å². The molecule has 0 saturated heterocycles. The summed E-state index contributed by atoms with van der Waals surface area (Å²) in [4.78, 5) is 0. The van der Waals surface area contributed by atoms with Crippen LogP contribution in [0, 0.1) is 5.92 Å². The molecule has 0 aromatic heterocycles. The predicted octanol–water partition coefficient (Wildman–Crippen LogP) is 3.36. The highest BCUT2D eigenvalue weighted by Gasteiger charge is 2.23. The van der Waals surface area contributed by atoms with E-state index in [0.29, 0.717) is 12.1 Å². The van der Waals surface area contributed by atoms with Gasteiger partial charge >= 0.3 is 0 Å². The van der Waals surface area contributed by atoms with Crippen molar-refractivity contribution < 1.29 is 4.74 Å². The van der Waals surface area contributed by atoms with Crippen molar-refractivity contribution in [2.45, 2.75) is 77.5 Å². The maximum atomic E-state index is 5.41. The highest BCUT2D eigenvalue weighted by Crippen LogP contribution is 2.22. The van der Waals surface area contributed by atoms with Crippen molar-refractivity contribution in [2.75, 3.05) is 7.11 Å². The molecule has 1 saturated carbocycles. The van der Waals surface area contributed by atoms with Crippen LogP contribution in [-0.2, 0) is 4.74 Å². The fourth-order valence-corrected chi connectivity index (χ4v) is 2.97. The third kappa shape index (κ3) is 4.06. The molecule has 0 spiro atoms. The van der Waals surface area contributed by atoms with Crippen molar-refractivity contribution in [3.8, 4) is 0 Å². The molecule has 0 aliphatic heterocycles. The average molecular weight is 227 g/mol. The molecule has 2 heteroatoms. The minimum Gasteiger partial charge on any atom is -0.381 e. The van der Waals surface area contributed by atoms with Gasteiger partial charge in [-0.1, -0.05) is 26.7 Å². The third-order valence-electron chi connectivity index (χ3n) is 4.26. The van der Waals surface area contributed by atoms with Crippen molar-refractivity contribution in [1.82, 2.24) is 5.32 Å². The van der Waals surface area contributed by atoms with Crippen molar-refractivity contribution in [1.29, 1.82) is 0 Å². The predicted molar refractivity (Wildman–Crippen MR) is 69.7 cm³/mol. The molecule has 0 bridgehead atoms. The maximum absolute atomic E-state index is 5.41. The van der Waals surface area contributed by atoms with Crippen molar-refractivity contribution >= 4 is 0 Å². The van der Waals surface area contributed by atoms with E-state index >= 15 is 0 Å². The van der Waals surface area contributed by atoms with Crippen LogP contribution in [-0.4, -0.2) is 25.3 Å². The zero-order valence-electron chi connectivity index (χ0n) is 11.5. The van der Waals surface area contributed by atoms with E-state index in [9.17, 15) is 0 Å². The number of hydrogen-bond donors (Lipinski definition) is 1. The maximum Gasteiger partial charge on any atom is 0.0572 e. The Morgan fingerprint density at radius 2 is 1.69 bits per heavy atom. The Labute approximate surface area is 101 Å². The van der Waals surface area contributed by atoms with Gasteiger partial charge < -0.3 is 10.1 Å². The normalized spacial score (nSPS) is 28.3. The van der Waals surface area contributed by atoms with Crippen LogP contribution in [0.3, 0.4) is 0 Å². The average Bonchev–Trinajstić information content (AvgIpc) is 2.31. The molecule has 0 radical (unpaired) electrons. The Morgan fingerprint density at radius 1 is 1.12 bits per heavy atom. The van der Waals surface area contributed by atoms with Gasteiger partial charge in [-0.25, -0.2) is 0 Å². The van der Waals surface area contributed by atoms with Gasteiger partial charge in [0.25, 0.3) is 0 Å². The molecule has 0 amide bonds. The van der Waals surface area contributed by atoms with E-state index in [4.69, 9.17) is 4.74 Å². The Bertz CT molecular complexity index is 172. The lowest BCUT2D eigenvalue weighted by Gasteiger charge is -2.33. The van der Waals surface area contributed by atoms with Gasteiger partial charge in [-0.15, -0.1) is 0 Å². The second-order valence-electron chi connectivity index (χ2n) is 5.24. The Balaban J connectivity index is 2.27. The summed E-state index contributed by atoms with van der Waals surface area (Å²) < 4.78 is 5.41. The van der Waals surface area contributed by atoms with Gasteiger partial charge in [-0.05, 0) is 38.5 Å². The second kappa shape index (κ2) is 7.29. The molecule has 1 aliphatic carbocycles. The molecule has 16 heavy (non-hydrogen) atoms. The smallest absolute Gasteiger partial charge is 0.0572 e. The lowest BCUT2D eigenvalue weighted by Crippen LogP contribution is -2.43. The summed E-state index contributed by atoms with van der Waals surface area (Å²) in [5.74, 6) is 0.833. The van der Waals surface area contributed by atoms with Crippen molar-refractivity contribution in [2.24, 2.45) is 5.92 Å². The highest BCUT2D eigenvalue weighted by atomic mass is 16.5. The molecule has 1 atom stereocenters. The fourth-order valence-electron chi connectivity index (χ4n) is 2.97. The summed E-state index contributed by atoms with van der Waals surface area (Å²) in [6.07, 6.45) is 8.11. The fraction of sp³-hybridized carbons (Fsp3) is 1.00. The summed E-state index contributed by atoms with van der Waals surface area (Å²) >= 11 is 0. The van der Waals surface area contributed by atoms with E-state index in [-0.39, 0.29) is 0 Å². The van der Waals surface area contributed by atoms with E-state index in [1.54, 1.807) is 0 Å². The molecule has 1 rings (SSSR count). The lowest BCUT2D eigenvalue weighted by molar-refractivity contribution is 0.0602. The molecule has 0 heterocycles. The minimum absolute atomic E-state index is 0.515. The van der Waals surface area contributed by atoms with Gasteiger partial charge in [-0.3, -0.25) is 0 Å². The minimum atomic E-state index is 0.515. The molecule has 0 aromatic rings. The first-order valence-corrected chi connectivity index (χ1v) is 7.00. The number of methoxy groups -OCH3 is 1. The van der Waals surface area contributed by atoms with Gasteiger partial charge in [0.1, 0.15) is 0 Å². The van der Waals surface area contributed by atoms with Crippen LogP contribution in [0.25, 0.3) is 0 Å². The van der Waals surface area contributed by atoms with E-state index < -0.39 is 0 Å². The topological polar surface area (TPSA) is 21.3 Å². The molecule has 0 aromatic carbocycles. The standard InChI is InChI=1S/C14H29NO/c1-5-12(6-2)11(3)15-13-7-9-14(16-4)10-8-13/h11-15H,5-10H2,1-4H3. The van der Waals surface area contributed by atoms with Crippen molar-refractivity contribution in [3.63, 3.8) is 0 Å². The zero-order valence-corrected chi connectivity index (χ0v) is 11.5. The summed E-state index contributed by atoms with van der Waals surface area (Å²) in [6, 6.07) is 1.39. The van der Waals surface area contributed by atoms with Crippen LogP contribution >= 0.6 is 0 Å². The van der Waals surface area contributed by atoms with Crippen LogP contribution in [0.15, 0.2) is 0 Å². The van der Waals surface area contributed by atoms with Crippen LogP contribution in [0.2, 0.25) is 0 Å². The number of ether oxygens (including phenoxy) is 1. The molecular weight excluding hydrogens is 198 g/mol. The Morgan fingerprint density at radius 3 is 2.12 bits per heavy atom. The molecule has 96 valence electrons. The molecule has 2 nitrogen and oxygen atoms in total. The number of hydrogen-bond acceptors (Lipinski definition) is 2. The van der Waals surface area contributed by atoms with E-state index in [1.807, 2.05) is 7.11 Å². The Hall–Kier alpha value is -0.0800. The largest absolute Gasteiger partial charge is 0.381 e. The van der Waals surface area contributed by atoms with Crippen molar-refractivity contribution in [3.05, 3.63) is 0 Å². The second-order valence-corrected chi connectivity index (χ2v) is 5.24. The molecule has 1 aliphatic rings. The van der Waals surface area contributed by atoms with Crippen LogP contribution in [0.1, 0.15) is 59.3 Å². The molecule has 1 N–H and O–H groups in total. The van der Waals surface area contributed by atoms with Gasteiger partial charge in [0.2, 0.25) is 0 Å². The third-order valence-corrected chi connectivity index (χ3v) is 4.26. The van der Waals surface area contributed by atoms with Gasteiger partial charge in [0.05, 0.1) is 6.10 Å². The molecule has 1 fully saturated rings. The first kappa shape index (κ1) is 14.0. The lowest BCUT2D eigenvalue weighted by atomic mass is 9.90. The zero-order chi connectivity index (χ0) is 12.0. The number of rotatable bonds is 6. The molecule has 1 unspecified atom stereocenters. The summed E-state index contributed by atoms with van der Waals surface area (Å²) in [7, 11) is 1.84. The number of nitrogens with one attached hydrogen (secondary N) is 1. The van der Waals surface area contributed by atoms with E-state index in [0.717, 1.165) is 12.0 Å².